The zero-order valence-electron chi connectivity index (χ0n) is 17.1. The van der Waals surface area contributed by atoms with Crippen molar-refractivity contribution >= 4 is 23.5 Å². The Morgan fingerprint density at radius 1 is 0.903 bits per heavy atom. The third kappa shape index (κ3) is 5.20. The first-order chi connectivity index (χ1) is 15.0. The summed E-state index contributed by atoms with van der Waals surface area (Å²) >= 11 is 0. The van der Waals surface area contributed by atoms with E-state index in [2.05, 4.69) is 10.6 Å². The number of urea groups is 1. The van der Waals surface area contributed by atoms with Crippen LogP contribution in [0.1, 0.15) is 28.8 Å². The van der Waals surface area contributed by atoms with Crippen molar-refractivity contribution < 1.29 is 18.8 Å². The molecule has 1 saturated heterocycles. The SMILES string of the molecule is O=C(NCc1ccccc1F)c1ccc(NC(=O)N2CCN(C(=O)C3CC3)CC2)cc1. The number of carbonyl (C=O) groups excluding carboxylic acids is 3. The van der Waals surface area contributed by atoms with Gasteiger partial charge in [0, 0.05) is 55.5 Å². The van der Waals surface area contributed by atoms with Crippen LogP contribution in [0, 0.1) is 11.7 Å². The van der Waals surface area contributed by atoms with E-state index in [1.807, 2.05) is 4.90 Å². The highest BCUT2D eigenvalue weighted by molar-refractivity contribution is 5.95. The number of nitrogens with one attached hydrogen (secondary N) is 2. The van der Waals surface area contributed by atoms with Crippen LogP contribution in [0.2, 0.25) is 0 Å². The summed E-state index contributed by atoms with van der Waals surface area (Å²) in [6.07, 6.45) is 1.97. The highest BCUT2D eigenvalue weighted by atomic mass is 19.1. The Morgan fingerprint density at radius 3 is 2.19 bits per heavy atom. The highest BCUT2D eigenvalue weighted by Gasteiger charge is 2.35. The van der Waals surface area contributed by atoms with E-state index >= 15 is 0 Å². The number of amides is 4. The molecule has 31 heavy (non-hydrogen) atoms. The molecule has 2 N–H and O–H groups in total. The van der Waals surface area contributed by atoms with Crippen LogP contribution in [0.3, 0.4) is 0 Å². The average Bonchev–Trinajstić information content (AvgIpc) is 3.64. The molecule has 7 nitrogen and oxygen atoms in total. The summed E-state index contributed by atoms with van der Waals surface area (Å²) in [6.45, 7) is 2.22. The van der Waals surface area contributed by atoms with E-state index in [1.54, 1.807) is 47.4 Å². The molecule has 1 heterocycles. The molecular weight excluding hydrogens is 399 g/mol. The van der Waals surface area contributed by atoms with Gasteiger partial charge in [-0.05, 0) is 43.2 Å². The zero-order valence-corrected chi connectivity index (χ0v) is 17.1. The molecule has 0 unspecified atom stereocenters. The quantitative estimate of drug-likeness (QED) is 0.775. The molecule has 2 fully saturated rings. The summed E-state index contributed by atoms with van der Waals surface area (Å²) in [5.74, 6) is -0.275. The lowest BCUT2D eigenvalue weighted by Crippen LogP contribution is -2.52. The predicted octanol–water partition coefficient (Wildman–Crippen LogP) is 2.84. The first kappa shape index (κ1) is 20.8. The molecule has 0 atom stereocenters. The van der Waals surface area contributed by atoms with Crippen molar-refractivity contribution in [3.05, 3.63) is 65.5 Å². The van der Waals surface area contributed by atoms with Crippen LogP contribution >= 0.6 is 0 Å². The Labute approximate surface area is 180 Å². The van der Waals surface area contributed by atoms with Gasteiger partial charge in [-0.15, -0.1) is 0 Å². The molecule has 0 aromatic heterocycles. The van der Waals surface area contributed by atoms with Crippen molar-refractivity contribution in [2.45, 2.75) is 19.4 Å². The fourth-order valence-corrected chi connectivity index (χ4v) is 3.55. The molecular formula is C23H25FN4O3. The number of hydrogen-bond donors (Lipinski definition) is 2. The number of hydrogen-bond acceptors (Lipinski definition) is 3. The molecule has 1 aliphatic heterocycles. The number of carbonyl (C=O) groups is 3. The van der Waals surface area contributed by atoms with Crippen molar-refractivity contribution in [3.8, 4) is 0 Å². The van der Waals surface area contributed by atoms with Crippen LogP contribution in [0.25, 0.3) is 0 Å². The number of benzene rings is 2. The summed E-state index contributed by atoms with van der Waals surface area (Å²) in [6, 6.07) is 12.6. The average molecular weight is 424 g/mol. The minimum atomic E-state index is -0.362. The van der Waals surface area contributed by atoms with Crippen molar-refractivity contribution in [3.63, 3.8) is 0 Å². The van der Waals surface area contributed by atoms with Crippen LogP contribution in [0.4, 0.5) is 14.9 Å². The van der Waals surface area contributed by atoms with Crippen molar-refractivity contribution in [1.82, 2.24) is 15.1 Å². The van der Waals surface area contributed by atoms with Gasteiger partial charge in [-0.2, -0.15) is 0 Å². The summed E-state index contributed by atoms with van der Waals surface area (Å²) in [4.78, 5) is 40.4. The Hall–Kier alpha value is -3.42. The van der Waals surface area contributed by atoms with Crippen molar-refractivity contribution in [2.24, 2.45) is 5.92 Å². The standard InChI is InChI=1S/C23H25FN4O3/c24-20-4-2-1-3-18(20)15-25-21(29)16-7-9-19(10-8-16)26-23(31)28-13-11-27(12-14-28)22(30)17-5-6-17/h1-4,7-10,17H,5-6,11-15H2,(H,25,29)(H,26,31). The molecule has 4 amide bonds. The number of halogens is 1. The van der Waals surface area contributed by atoms with E-state index in [-0.39, 0.29) is 36.1 Å². The van der Waals surface area contributed by atoms with E-state index in [9.17, 15) is 18.8 Å². The second-order valence-corrected chi connectivity index (χ2v) is 7.87. The van der Waals surface area contributed by atoms with Gasteiger partial charge in [0.1, 0.15) is 5.82 Å². The molecule has 0 bridgehead atoms. The maximum Gasteiger partial charge on any atom is 0.321 e. The minimum absolute atomic E-state index is 0.0964. The molecule has 0 spiro atoms. The summed E-state index contributed by atoms with van der Waals surface area (Å²) in [7, 11) is 0. The van der Waals surface area contributed by atoms with E-state index in [0.29, 0.717) is 43.0 Å². The van der Waals surface area contributed by atoms with E-state index in [4.69, 9.17) is 0 Å². The van der Waals surface area contributed by atoms with E-state index < -0.39 is 0 Å². The molecule has 4 rings (SSSR count). The lowest BCUT2D eigenvalue weighted by molar-refractivity contribution is -0.133. The molecule has 2 aromatic carbocycles. The predicted molar refractivity (Wildman–Crippen MR) is 114 cm³/mol. The Morgan fingerprint density at radius 2 is 1.55 bits per heavy atom. The van der Waals surface area contributed by atoms with Crippen molar-refractivity contribution in [2.75, 3.05) is 31.5 Å². The number of nitrogens with zero attached hydrogens (tertiary/aromatic N) is 2. The largest absolute Gasteiger partial charge is 0.348 e. The highest BCUT2D eigenvalue weighted by Crippen LogP contribution is 2.31. The maximum atomic E-state index is 13.7. The molecule has 2 aliphatic rings. The number of rotatable bonds is 5. The first-order valence-corrected chi connectivity index (χ1v) is 10.5. The topological polar surface area (TPSA) is 81.8 Å². The molecule has 0 radical (unpaired) electrons. The molecule has 8 heteroatoms. The Bertz CT molecular complexity index is 967. The first-order valence-electron chi connectivity index (χ1n) is 10.5. The third-order valence-electron chi connectivity index (χ3n) is 5.60. The minimum Gasteiger partial charge on any atom is -0.348 e. The smallest absolute Gasteiger partial charge is 0.321 e. The van der Waals surface area contributed by atoms with Crippen LogP contribution in [-0.4, -0.2) is 53.8 Å². The van der Waals surface area contributed by atoms with Crippen LogP contribution < -0.4 is 10.6 Å². The van der Waals surface area contributed by atoms with Crippen LogP contribution in [-0.2, 0) is 11.3 Å². The normalized spacial score (nSPS) is 16.0. The summed E-state index contributed by atoms with van der Waals surface area (Å²) < 4.78 is 13.7. The van der Waals surface area contributed by atoms with Gasteiger partial charge in [0.05, 0.1) is 0 Å². The van der Waals surface area contributed by atoms with Gasteiger partial charge < -0.3 is 20.4 Å². The van der Waals surface area contributed by atoms with Gasteiger partial charge in [-0.3, -0.25) is 9.59 Å². The van der Waals surface area contributed by atoms with Crippen molar-refractivity contribution in [1.29, 1.82) is 0 Å². The van der Waals surface area contributed by atoms with Gasteiger partial charge in [0.2, 0.25) is 5.91 Å². The monoisotopic (exact) mass is 424 g/mol. The van der Waals surface area contributed by atoms with E-state index in [1.165, 1.54) is 6.07 Å². The molecule has 162 valence electrons. The second kappa shape index (κ2) is 9.16. The van der Waals surface area contributed by atoms with Gasteiger partial charge in [0.15, 0.2) is 0 Å². The molecule has 1 aliphatic carbocycles. The fourth-order valence-electron chi connectivity index (χ4n) is 3.55. The molecule has 1 saturated carbocycles. The lowest BCUT2D eigenvalue weighted by atomic mass is 10.1. The summed E-state index contributed by atoms with van der Waals surface area (Å²) in [5, 5.41) is 5.51. The second-order valence-electron chi connectivity index (χ2n) is 7.87. The number of anilines is 1. The van der Waals surface area contributed by atoms with Gasteiger partial charge >= 0.3 is 6.03 Å². The fraction of sp³-hybridized carbons (Fsp3) is 0.348. The third-order valence-corrected chi connectivity index (χ3v) is 5.60. The number of piperazine rings is 1. The Kier molecular flexibility index (Phi) is 6.16. The zero-order chi connectivity index (χ0) is 21.8. The maximum absolute atomic E-state index is 13.7. The lowest BCUT2D eigenvalue weighted by Gasteiger charge is -2.34. The van der Waals surface area contributed by atoms with E-state index in [0.717, 1.165) is 12.8 Å². The molecule has 2 aromatic rings. The Balaban J connectivity index is 1.25. The van der Waals surface area contributed by atoms with Crippen LogP contribution in [0.5, 0.6) is 0 Å². The van der Waals surface area contributed by atoms with Gasteiger partial charge in [-0.25, -0.2) is 9.18 Å². The van der Waals surface area contributed by atoms with Gasteiger partial charge in [-0.1, -0.05) is 18.2 Å². The summed E-state index contributed by atoms with van der Waals surface area (Å²) in [5.41, 5.74) is 1.41. The van der Waals surface area contributed by atoms with Gasteiger partial charge in [0.25, 0.3) is 5.91 Å². The van der Waals surface area contributed by atoms with Crippen LogP contribution in [0.15, 0.2) is 48.5 Å².